The van der Waals surface area contributed by atoms with E-state index >= 15 is 0 Å². The predicted octanol–water partition coefficient (Wildman–Crippen LogP) is 4.74. The number of Topliss-reactive ketones (excluding diaryl/α,β-unsaturated/α-hetero) is 1. The van der Waals surface area contributed by atoms with E-state index < -0.39 is 0 Å². The van der Waals surface area contributed by atoms with Crippen molar-refractivity contribution in [3.8, 4) is 0 Å². The number of carbonyl (C=O) groups is 1. The maximum Gasteiger partial charge on any atom is 0.191 e. The van der Waals surface area contributed by atoms with Gasteiger partial charge in [0.2, 0.25) is 0 Å². The molecule has 1 aliphatic carbocycles. The van der Waals surface area contributed by atoms with Crippen molar-refractivity contribution in [3.63, 3.8) is 0 Å². The fourth-order valence-electron chi connectivity index (χ4n) is 3.10. The van der Waals surface area contributed by atoms with Gasteiger partial charge in [0, 0.05) is 11.5 Å². The van der Waals surface area contributed by atoms with Crippen LogP contribution in [0.1, 0.15) is 53.0 Å². The van der Waals surface area contributed by atoms with Gasteiger partial charge in [0.15, 0.2) is 10.9 Å². The van der Waals surface area contributed by atoms with Crippen molar-refractivity contribution in [1.29, 1.82) is 0 Å². The molecule has 1 heterocycles. The summed E-state index contributed by atoms with van der Waals surface area (Å²) in [5, 5.41) is 9.65. The monoisotopic (exact) mass is 377 g/mol. The normalized spacial score (nSPS) is 13.7. The number of hydrogen-bond acceptors (Lipinski definition) is 4. The number of ketones is 1. The Morgan fingerprint density at radius 1 is 1.04 bits per heavy atom. The lowest BCUT2D eigenvalue weighted by Gasteiger charge is -2.10. The summed E-state index contributed by atoms with van der Waals surface area (Å²) < 4.78 is 2.19. The highest BCUT2D eigenvalue weighted by atomic mass is 32.2. The molecule has 1 fully saturated rings. The van der Waals surface area contributed by atoms with E-state index in [2.05, 4.69) is 33.8 Å². The first-order chi connectivity index (χ1) is 13.2. The zero-order valence-corrected chi connectivity index (χ0v) is 16.3. The van der Waals surface area contributed by atoms with Gasteiger partial charge in [-0.15, -0.1) is 10.2 Å². The van der Waals surface area contributed by atoms with E-state index in [-0.39, 0.29) is 5.78 Å². The number of thioether (sulfide) groups is 1. The quantitative estimate of drug-likeness (QED) is 0.420. The van der Waals surface area contributed by atoms with E-state index in [1.54, 1.807) is 0 Å². The van der Waals surface area contributed by atoms with Crippen LogP contribution in [0.25, 0.3) is 0 Å². The fourth-order valence-corrected chi connectivity index (χ4v) is 3.94. The van der Waals surface area contributed by atoms with E-state index in [9.17, 15) is 4.79 Å². The van der Waals surface area contributed by atoms with Crippen molar-refractivity contribution in [2.75, 3.05) is 5.75 Å². The Morgan fingerprint density at radius 2 is 1.78 bits per heavy atom. The summed E-state index contributed by atoms with van der Waals surface area (Å²) in [5.74, 6) is 2.09. The third kappa shape index (κ3) is 4.30. The van der Waals surface area contributed by atoms with Crippen LogP contribution < -0.4 is 0 Å². The van der Waals surface area contributed by atoms with Gasteiger partial charge in [0.1, 0.15) is 5.82 Å². The molecule has 1 aliphatic rings. The average molecular weight is 378 g/mol. The first-order valence-electron chi connectivity index (χ1n) is 9.46. The molecule has 27 heavy (non-hydrogen) atoms. The zero-order valence-electron chi connectivity index (χ0n) is 15.5. The highest BCUT2D eigenvalue weighted by Gasteiger charge is 2.30. The van der Waals surface area contributed by atoms with E-state index in [0.29, 0.717) is 11.7 Å². The molecule has 0 bridgehead atoms. The SMILES string of the molecule is CCc1ccc(C(=O)CSc2nnc(C3CC3)n2Cc2ccccc2)cc1. The summed E-state index contributed by atoms with van der Waals surface area (Å²) in [6.45, 7) is 2.87. The molecular weight excluding hydrogens is 354 g/mol. The van der Waals surface area contributed by atoms with Crippen LogP contribution in [0.15, 0.2) is 59.8 Å². The van der Waals surface area contributed by atoms with Gasteiger partial charge in [-0.3, -0.25) is 4.79 Å². The second-order valence-electron chi connectivity index (χ2n) is 6.95. The molecule has 1 aromatic heterocycles. The van der Waals surface area contributed by atoms with E-state index in [4.69, 9.17) is 0 Å². The molecule has 0 atom stereocenters. The molecule has 0 aliphatic heterocycles. The Hall–Kier alpha value is -2.40. The summed E-state index contributed by atoms with van der Waals surface area (Å²) in [5.41, 5.74) is 3.23. The van der Waals surface area contributed by atoms with Crippen LogP contribution in [0.2, 0.25) is 0 Å². The smallest absolute Gasteiger partial charge is 0.191 e. The Balaban J connectivity index is 1.48. The largest absolute Gasteiger partial charge is 0.301 e. The average Bonchev–Trinajstić information content (AvgIpc) is 3.49. The van der Waals surface area contributed by atoms with Crippen molar-refractivity contribution >= 4 is 17.5 Å². The van der Waals surface area contributed by atoms with Gasteiger partial charge >= 0.3 is 0 Å². The minimum absolute atomic E-state index is 0.130. The van der Waals surface area contributed by atoms with Gasteiger partial charge in [0.25, 0.3) is 0 Å². The summed E-state index contributed by atoms with van der Waals surface area (Å²) in [7, 11) is 0. The Labute approximate surface area is 164 Å². The minimum atomic E-state index is 0.130. The van der Waals surface area contributed by atoms with E-state index in [1.165, 1.54) is 35.7 Å². The highest BCUT2D eigenvalue weighted by molar-refractivity contribution is 7.99. The Kier molecular flexibility index (Phi) is 5.39. The number of hydrogen-bond donors (Lipinski definition) is 0. The number of rotatable bonds is 8. The molecule has 2 aromatic carbocycles. The molecule has 0 spiro atoms. The Morgan fingerprint density at radius 3 is 2.44 bits per heavy atom. The minimum Gasteiger partial charge on any atom is -0.301 e. The van der Waals surface area contributed by atoms with Crippen molar-refractivity contribution in [3.05, 3.63) is 77.1 Å². The molecule has 0 N–H and O–H groups in total. The maximum absolute atomic E-state index is 12.6. The van der Waals surface area contributed by atoms with Crippen LogP contribution in [0.4, 0.5) is 0 Å². The number of carbonyl (C=O) groups excluding carboxylic acids is 1. The van der Waals surface area contributed by atoms with Gasteiger partial charge in [-0.1, -0.05) is 73.3 Å². The molecule has 0 unspecified atom stereocenters. The predicted molar refractivity (Wildman–Crippen MR) is 108 cm³/mol. The summed E-state index contributed by atoms with van der Waals surface area (Å²) >= 11 is 1.49. The molecule has 3 aromatic rings. The molecule has 138 valence electrons. The van der Waals surface area contributed by atoms with Gasteiger partial charge in [0.05, 0.1) is 12.3 Å². The van der Waals surface area contributed by atoms with Gasteiger partial charge in [-0.25, -0.2) is 0 Å². The number of aryl methyl sites for hydroxylation is 1. The van der Waals surface area contributed by atoms with Crippen molar-refractivity contribution in [2.45, 2.75) is 43.8 Å². The van der Waals surface area contributed by atoms with Crippen LogP contribution in [-0.2, 0) is 13.0 Å². The third-order valence-corrected chi connectivity index (χ3v) is 5.85. The maximum atomic E-state index is 12.6. The van der Waals surface area contributed by atoms with E-state index in [1.807, 2.05) is 42.5 Å². The second-order valence-corrected chi connectivity index (χ2v) is 7.89. The first-order valence-corrected chi connectivity index (χ1v) is 10.4. The van der Waals surface area contributed by atoms with Gasteiger partial charge in [-0.05, 0) is 30.4 Å². The molecule has 0 saturated heterocycles. The standard InChI is InChI=1S/C22H23N3OS/c1-2-16-8-10-18(11-9-16)20(26)15-27-22-24-23-21(19-12-13-19)25(22)14-17-6-4-3-5-7-17/h3-11,19H,2,12-15H2,1H3. The third-order valence-electron chi connectivity index (χ3n) is 4.89. The molecule has 4 rings (SSSR count). The van der Waals surface area contributed by atoms with Crippen LogP contribution in [0.3, 0.4) is 0 Å². The number of aromatic nitrogens is 3. The van der Waals surface area contributed by atoms with Crippen molar-refractivity contribution < 1.29 is 4.79 Å². The lowest BCUT2D eigenvalue weighted by molar-refractivity contribution is 0.102. The molecule has 0 radical (unpaired) electrons. The van der Waals surface area contributed by atoms with Crippen LogP contribution >= 0.6 is 11.8 Å². The van der Waals surface area contributed by atoms with Gasteiger partial charge in [-0.2, -0.15) is 0 Å². The van der Waals surface area contributed by atoms with Crippen LogP contribution in [-0.4, -0.2) is 26.3 Å². The number of nitrogens with zero attached hydrogens (tertiary/aromatic N) is 3. The van der Waals surface area contributed by atoms with Crippen molar-refractivity contribution in [2.24, 2.45) is 0 Å². The lowest BCUT2D eigenvalue weighted by atomic mass is 10.1. The molecule has 5 heteroatoms. The summed E-state index contributed by atoms with van der Waals surface area (Å²) in [6.07, 6.45) is 3.34. The summed E-state index contributed by atoms with van der Waals surface area (Å²) in [6, 6.07) is 18.3. The topological polar surface area (TPSA) is 47.8 Å². The van der Waals surface area contributed by atoms with E-state index in [0.717, 1.165) is 29.5 Å². The zero-order chi connectivity index (χ0) is 18.6. The van der Waals surface area contributed by atoms with Crippen molar-refractivity contribution in [1.82, 2.24) is 14.8 Å². The highest BCUT2D eigenvalue weighted by Crippen LogP contribution is 2.40. The Bertz CT molecular complexity index is 914. The summed E-state index contributed by atoms with van der Waals surface area (Å²) in [4.78, 5) is 12.6. The fraction of sp³-hybridized carbons (Fsp3) is 0.318. The van der Waals surface area contributed by atoms with Crippen LogP contribution in [0.5, 0.6) is 0 Å². The molecule has 1 saturated carbocycles. The first kappa shape index (κ1) is 18.0. The number of benzene rings is 2. The molecule has 4 nitrogen and oxygen atoms in total. The van der Waals surface area contributed by atoms with Gasteiger partial charge < -0.3 is 4.57 Å². The molecular formula is C22H23N3OS. The second kappa shape index (κ2) is 8.09. The van der Waals surface area contributed by atoms with Crippen LogP contribution in [0, 0.1) is 0 Å². The lowest BCUT2D eigenvalue weighted by Crippen LogP contribution is -2.08. The molecule has 0 amide bonds.